The molecule has 5 heteroatoms. The number of hydrogen-bond donors (Lipinski definition) is 0. The predicted octanol–water partition coefficient (Wildman–Crippen LogP) is 2.64. The SMILES string of the molecule is O=C(OC=CCCl)OC=CCCl. The molecule has 0 amide bonds. The second kappa shape index (κ2) is 8.43. The van der Waals surface area contributed by atoms with E-state index in [2.05, 4.69) is 9.47 Å². The molecule has 0 aromatic carbocycles. The van der Waals surface area contributed by atoms with Crippen LogP contribution in [0.5, 0.6) is 0 Å². The van der Waals surface area contributed by atoms with Crippen LogP contribution in [0.1, 0.15) is 0 Å². The Morgan fingerprint density at radius 2 is 1.50 bits per heavy atom. The Morgan fingerprint density at radius 1 is 1.08 bits per heavy atom. The highest BCUT2D eigenvalue weighted by Crippen LogP contribution is 1.89. The van der Waals surface area contributed by atoms with Gasteiger partial charge in [0, 0.05) is 11.8 Å². The fourth-order valence-electron chi connectivity index (χ4n) is 0.308. The van der Waals surface area contributed by atoms with Crippen LogP contribution in [0.25, 0.3) is 0 Å². The van der Waals surface area contributed by atoms with Crippen molar-refractivity contribution in [3.05, 3.63) is 24.7 Å². The molecule has 0 N–H and O–H groups in total. The quantitative estimate of drug-likeness (QED) is 0.407. The van der Waals surface area contributed by atoms with Crippen molar-refractivity contribution in [2.45, 2.75) is 0 Å². The maximum Gasteiger partial charge on any atom is 0.518 e. The summed E-state index contributed by atoms with van der Waals surface area (Å²) in [6.45, 7) is 0. The summed E-state index contributed by atoms with van der Waals surface area (Å²) < 4.78 is 8.82. The molecule has 0 aliphatic heterocycles. The van der Waals surface area contributed by atoms with E-state index in [0.29, 0.717) is 0 Å². The van der Waals surface area contributed by atoms with Crippen molar-refractivity contribution >= 4 is 29.4 Å². The molecule has 0 rings (SSSR count). The first kappa shape index (κ1) is 11.3. The topological polar surface area (TPSA) is 35.5 Å². The molecular weight excluding hydrogens is 203 g/mol. The Balaban J connectivity index is 3.46. The van der Waals surface area contributed by atoms with Crippen molar-refractivity contribution in [1.29, 1.82) is 0 Å². The fraction of sp³-hybridized carbons (Fsp3) is 0.286. The first-order valence-corrected chi connectivity index (χ1v) is 4.17. The van der Waals surface area contributed by atoms with Crippen LogP contribution >= 0.6 is 23.2 Å². The molecule has 0 saturated carbocycles. The number of hydrogen-bond acceptors (Lipinski definition) is 3. The molecule has 0 fully saturated rings. The van der Waals surface area contributed by atoms with Gasteiger partial charge in [0.2, 0.25) is 0 Å². The van der Waals surface area contributed by atoms with Gasteiger partial charge in [-0.3, -0.25) is 0 Å². The molecule has 0 aliphatic carbocycles. The molecule has 0 heterocycles. The Bertz CT molecular complexity index is 159. The summed E-state index contributed by atoms with van der Waals surface area (Å²) in [6, 6.07) is 0. The minimum absolute atomic E-state index is 0.283. The minimum Gasteiger partial charge on any atom is -0.403 e. The molecule has 12 heavy (non-hydrogen) atoms. The van der Waals surface area contributed by atoms with E-state index in [1.54, 1.807) is 0 Å². The molecule has 0 aromatic rings. The van der Waals surface area contributed by atoms with Gasteiger partial charge >= 0.3 is 6.16 Å². The molecule has 68 valence electrons. The van der Waals surface area contributed by atoms with Gasteiger partial charge in [0.1, 0.15) is 0 Å². The number of alkyl halides is 2. The van der Waals surface area contributed by atoms with Gasteiger partial charge in [0.05, 0.1) is 12.5 Å². The molecule has 0 aliphatic rings. The van der Waals surface area contributed by atoms with Crippen LogP contribution in [0.3, 0.4) is 0 Å². The monoisotopic (exact) mass is 210 g/mol. The van der Waals surface area contributed by atoms with Gasteiger partial charge in [-0.15, -0.1) is 23.2 Å². The van der Waals surface area contributed by atoms with E-state index < -0.39 is 6.16 Å². The average molecular weight is 211 g/mol. The van der Waals surface area contributed by atoms with Crippen LogP contribution in [0.2, 0.25) is 0 Å². The van der Waals surface area contributed by atoms with E-state index in [9.17, 15) is 4.79 Å². The summed E-state index contributed by atoms with van der Waals surface area (Å²) in [5, 5.41) is 0. The van der Waals surface area contributed by atoms with Gasteiger partial charge in [-0.2, -0.15) is 0 Å². The van der Waals surface area contributed by atoms with Crippen LogP contribution in [0, 0.1) is 0 Å². The predicted molar refractivity (Wildman–Crippen MR) is 47.3 cm³/mol. The van der Waals surface area contributed by atoms with Gasteiger partial charge in [-0.25, -0.2) is 4.79 Å². The lowest BCUT2D eigenvalue weighted by Gasteiger charge is -1.94. The van der Waals surface area contributed by atoms with E-state index in [0.717, 1.165) is 12.5 Å². The highest BCUT2D eigenvalue weighted by molar-refractivity contribution is 6.19. The molecule has 3 nitrogen and oxygen atoms in total. The number of halogens is 2. The minimum atomic E-state index is -0.822. The Labute approximate surface area is 80.5 Å². The average Bonchev–Trinajstić information content (AvgIpc) is 2.06. The second-order valence-corrected chi connectivity index (χ2v) is 2.16. The molecule has 0 aromatic heterocycles. The largest absolute Gasteiger partial charge is 0.518 e. The van der Waals surface area contributed by atoms with Crippen molar-refractivity contribution in [3.63, 3.8) is 0 Å². The van der Waals surface area contributed by atoms with E-state index in [1.807, 2.05) is 0 Å². The maximum atomic E-state index is 10.6. The third-order valence-corrected chi connectivity index (χ3v) is 1.06. The highest BCUT2D eigenvalue weighted by Gasteiger charge is 1.95. The normalized spacial score (nSPS) is 10.8. The van der Waals surface area contributed by atoms with Crippen LogP contribution in [-0.2, 0) is 9.47 Å². The van der Waals surface area contributed by atoms with E-state index in [-0.39, 0.29) is 11.8 Å². The molecule has 0 spiro atoms. The van der Waals surface area contributed by atoms with E-state index in [4.69, 9.17) is 23.2 Å². The zero-order chi connectivity index (χ0) is 9.23. The van der Waals surface area contributed by atoms with Gasteiger partial charge in [0.25, 0.3) is 0 Å². The molecular formula is C7H8Cl2O3. The third-order valence-electron chi connectivity index (χ3n) is 0.699. The lowest BCUT2D eigenvalue weighted by molar-refractivity contribution is 0.119. The molecule has 0 saturated heterocycles. The van der Waals surface area contributed by atoms with Crippen molar-refractivity contribution < 1.29 is 14.3 Å². The van der Waals surface area contributed by atoms with Gasteiger partial charge in [-0.05, 0) is 12.2 Å². The molecule has 0 atom stereocenters. The lowest BCUT2D eigenvalue weighted by Crippen LogP contribution is -1.97. The van der Waals surface area contributed by atoms with Crippen LogP contribution in [0.15, 0.2) is 24.7 Å². The lowest BCUT2D eigenvalue weighted by atomic mass is 10.7. The number of allylic oxidation sites excluding steroid dienone is 2. The number of ether oxygens (including phenoxy) is 2. The molecule has 0 bridgehead atoms. The summed E-state index contributed by atoms with van der Waals surface area (Å²) in [5.41, 5.74) is 0. The zero-order valence-electron chi connectivity index (χ0n) is 6.20. The second-order valence-electron chi connectivity index (χ2n) is 1.54. The summed E-state index contributed by atoms with van der Waals surface area (Å²) in [6.07, 6.45) is 4.42. The van der Waals surface area contributed by atoms with Crippen molar-refractivity contribution in [3.8, 4) is 0 Å². The third kappa shape index (κ3) is 7.44. The number of carbonyl (C=O) groups is 1. The summed E-state index contributed by atoms with van der Waals surface area (Å²) in [7, 11) is 0. The van der Waals surface area contributed by atoms with E-state index in [1.165, 1.54) is 12.2 Å². The summed E-state index contributed by atoms with van der Waals surface area (Å²) >= 11 is 10.5. The van der Waals surface area contributed by atoms with Crippen LogP contribution in [0.4, 0.5) is 4.79 Å². The van der Waals surface area contributed by atoms with Crippen LogP contribution < -0.4 is 0 Å². The fourth-order valence-corrected chi connectivity index (χ4v) is 0.453. The van der Waals surface area contributed by atoms with Crippen molar-refractivity contribution in [1.82, 2.24) is 0 Å². The highest BCUT2D eigenvalue weighted by atomic mass is 35.5. The van der Waals surface area contributed by atoms with Crippen molar-refractivity contribution in [2.24, 2.45) is 0 Å². The number of carbonyl (C=O) groups excluding carboxylic acids is 1. The Kier molecular flexibility index (Phi) is 7.96. The van der Waals surface area contributed by atoms with Gasteiger partial charge < -0.3 is 9.47 Å². The smallest absolute Gasteiger partial charge is 0.403 e. The van der Waals surface area contributed by atoms with E-state index >= 15 is 0 Å². The first-order chi connectivity index (χ1) is 5.81. The molecule has 0 radical (unpaired) electrons. The summed E-state index contributed by atoms with van der Waals surface area (Å²) in [5.74, 6) is 0.565. The van der Waals surface area contributed by atoms with Gasteiger partial charge in [-0.1, -0.05) is 0 Å². The Morgan fingerprint density at radius 3 is 1.83 bits per heavy atom. The Hall–Kier alpha value is -0.670. The van der Waals surface area contributed by atoms with Crippen LogP contribution in [-0.4, -0.2) is 17.9 Å². The molecule has 0 unspecified atom stereocenters. The standard InChI is InChI=1S/C7H8Cl2O3/c8-3-1-5-11-7(10)12-6-2-4-9/h1-2,5-6H,3-4H2. The zero-order valence-corrected chi connectivity index (χ0v) is 7.72. The summed E-state index contributed by atoms with van der Waals surface area (Å²) in [4.78, 5) is 10.6. The maximum absolute atomic E-state index is 10.6. The van der Waals surface area contributed by atoms with Crippen molar-refractivity contribution in [2.75, 3.05) is 11.8 Å². The van der Waals surface area contributed by atoms with Gasteiger partial charge in [0.15, 0.2) is 0 Å². The number of rotatable bonds is 4. The first-order valence-electron chi connectivity index (χ1n) is 3.10.